The molecular formula is C30H40F3N5O6. The predicted octanol–water partition coefficient (Wildman–Crippen LogP) is 4.10. The molecule has 3 aliphatic rings. The minimum atomic E-state index is -4.73. The molecule has 4 atom stereocenters. The van der Waals surface area contributed by atoms with E-state index < -0.39 is 6.36 Å². The van der Waals surface area contributed by atoms with Crippen molar-refractivity contribution in [2.45, 2.75) is 75.3 Å². The number of amides is 1. The van der Waals surface area contributed by atoms with Gasteiger partial charge in [0.2, 0.25) is 0 Å². The lowest BCUT2D eigenvalue weighted by Gasteiger charge is -2.38. The number of halogens is 3. The first kappa shape index (κ1) is 32.2. The van der Waals surface area contributed by atoms with Crippen molar-refractivity contribution in [2.24, 2.45) is 0 Å². The minimum Gasteiger partial charge on any atom is -0.467 e. The smallest absolute Gasteiger partial charge is 0.467 e. The third-order valence-electron chi connectivity index (χ3n) is 8.29. The molecule has 2 N–H and O–H groups in total. The highest BCUT2D eigenvalue weighted by Crippen LogP contribution is 2.33. The standard InChI is InChI=1S/C30H40F3N5O6/c1-40-26-18-42-15-12-23(26)35-20-10-13-38(14-11-20)28(39)24-16-27(37-29(36-24)41-2)34-17-22-4-3-5-25(43-22)19-6-8-21(9-7-19)44-30(31,32)33/h6-9,16,20,22-23,25-26,35H,3-5,10-15,17-18H2,1-2H3,(H,34,36,37)/t22-,23-,25+,26+/m1/s1. The second-order valence-electron chi connectivity index (χ2n) is 11.3. The molecular weight excluding hydrogens is 583 g/mol. The lowest BCUT2D eigenvalue weighted by Crippen LogP contribution is -2.54. The van der Waals surface area contributed by atoms with Crippen LogP contribution in [0.25, 0.3) is 0 Å². The molecule has 242 valence electrons. The summed E-state index contributed by atoms with van der Waals surface area (Å²) < 4.78 is 64.1. The first-order valence-corrected chi connectivity index (χ1v) is 15.0. The van der Waals surface area contributed by atoms with Crippen LogP contribution >= 0.6 is 0 Å². The van der Waals surface area contributed by atoms with Crippen molar-refractivity contribution < 1.29 is 41.7 Å². The van der Waals surface area contributed by atoms with Gasteiger partial charge in [0.25, 0.3) is 5.91 Å². The monoisotopic (exact) mass is 623 g/mol. The lowest BCUT2D eigenvalue weighted by molar-refractivity contribution is -0.274. The van der Waals surface area contributed by atoms with Gasteiger partial charge in [0, 0.05) is 51.5 Å². The molecule has 3 saturated heterocycles. The summed E-state index contributed by atoms with van der Waals surface area (Å²) in [5, 5.41) is 6.95. The van der Waals surface area contributed by atoms with Crippen LogP contribution < -0.4 is 20.1 Å². The summed E-state index contributed by atoms with van der Waals surface area (Å²) in [6, 6.07) is 8.02. The highest BCUT2D eigenvalue weighted by atomic mass is 19.4. The van der Waals surface area contributed by atoms with E-state index in [1.165, 1.54) is 19.2 Å². The number of ether oxygens (including phenoxy) is 5. The number of alkyl halides is 3. The van der Waals surface area contributed by atoms with Crippen molar-refractivity contribution >= 4 is 11.7 Å². The Morgan fingerprint density at radius 3 is 2.55 bits per heavy atom. The van der Waals surface area contributed by atoms with Crippen molar-refractivity contribution in [2.75, 3.05) is 52.4 Å². The van der Waals surface area contributed by atoms with Crippen molar-refractivity contribution in [3.05, 3.63) is 41.6 Å². The summed E-state index contributed by atoms with van der Waals surface area (Å²) in [5.41, 5.74) is 1.03. The average Bonchev–Trinajstić information content (AvgIpc) is 3.03. The fourth-order valence-electron chi connectivity index (χ4n) is 5.96. The number of carbonyl (C=O) groups excluding carboxylic acids is 1. The molecule has 3 fully saturated rings. The molecule has 0 spiro atoms. The quantitative estimate of drug-likeness (QED) is 0.401. The Bertz CT molecular complexity index is 1230. The van der Waals surface area contributed by atoms with E-state index in [2.05, 4.69) is 25.3 Å². The second-order valence-corrected chi connectivity index (χ2v) is 11.3. The summed E-state index contributed by atoms with van der Waals surface area (Å²) >= 11 is 0. The Kier molecular flexibility index (Phi) is 10.8. The number of methoxy groups -OCH3 is 2. The number of rotatable bonds is 10. The molecule has 5 rings (SSSR count). The van der Waals surface area contributed by atoms with Gasteiger partial charge in [-0.2, -0.15) is 9.97 Å². The summed E-state index contributed by atoms with van der Waals surface area (Å²) in [4.78, 5) is 23.9. The number of aromatic nitrogens is 2. The van der Waals surface area contributed by atoms with E-state index in [0.717, 1.165) is 44.1 Å². The van der Waals surface area contributed by atoms with E-state index in [1.807, 2.05) is 0 Å². The topological polar surface area (TPSA) is 116 Å². The Morgan fingerprint density at radius 2 is 1.84 bits per heavy atom. The Labute approximate surface area is 254 Å². The number of likely N-dealkylation sites (tertiary alicyclic amines) is 1. The van der Waals surface area contributed by atoms with E-state index in [1.54, 1.807) is 30.2 Å². The van der Waals surface area contributed by atoms with E-state index in [-0.39, 0.29) is 47.7 Å². The summed E-state index contributed by atoms with van der Waals surface area (Å²) in [6.45, 7) is 2.93. The van der Waals surface area contributed by atoms with E-state index >= 15 is 0 Å². The van der Waals surface area contributed by atoms with Gasteiger partial charge in [-0.15, -0.1) is 13.2 Å². The number of hydrogen-bond donors (Lipinski definition) is 2. The molecule has 14 heteroatoms. The van der Waals surface area contributed by atoms with Crippen molar-refractivity contribution in [3.8, 4) is 11.8 Å². The van der Waals surface area contributed by atoms with Gasteiger partial charge in [-0.1, -0.05) is 12.1 Å². The van der Waals surface area contributed by atoms with Gasteiger partial charge in [0.1, 0.15) is 17.3 Å². The fraction of sp³-hybridized carbons (Fsp3) is 0.633. The third-order valence-corrected chi connectivity index (χ3v) is 8.29. The van der Waals surface area contributed by atoms with Gasteiger partial charge in [0.15, 0.2) is 0 Å². The number of anilines is 1. The Balaban J connectivity index is 1.14. The van der Waals surface area contributed by atoms with Gasteiger partial charge in [-0.25, -0.2) is 0 Å². The molecule has 11 nitrogen and oxygen atoms in total. The molecule has 0 unspecified atom stereocenters. The maximum Gasteiger partial charge on any atom is 0.573 e. The van der Waals surface area contributed by atoms with Crippen molar-refractivity contribution in [1.82, 2.24) is 20.2 Å². The van der Waals surface area contributed by atoms with Gasteiger partial charge < -0.3 is 39.2 Å². The van der Waals surface area contributed by atoms with Crippen LogP contribution in [-0.4, -0.2) is 98.5 Å². The van der Waals surface area contributed by atoms with Crippen LogP contribution in [0.15, 0.2) is 30.3 Å². The minimum absolute atomic E-state index is 0.0287. The normalized spacial score (nSPS) is 25.0. The number of nitrogens with one attached hydrogen (secondary N) is 2. The first-order valence-electron chi connectivity index (χ1n) is 15.0. The Morgan fingerprint density at radius 1 is 1.07 bits per heavy atom. The maximum absolute atomic E-state index is 13.4. The number of piperidine rings is 1. The van der Waals surface area contributed by atoms with E-state index in [4.69, 9.17) is 18.9 Å². The van der Waals surface area contributed by atoms with E-state index in [9.17, 15) is 18.0 Å². The molecule has 2 aromatic rings. The summed E-state index contributed by atoms with van der Waals surface area (Å²) in [7, 11) is 3.16. The number of carbonyl (C=O) groups is 1. The van der Waals surface area contributed by atoms with Crippen LogP contribution in [0.4, 0.5) is 19.0 Å². The molecule has 1 aromatic carbocycles. The maximum atomic E-state index is 13.4. The van der Waals surface area contributed by atoms with Crippen molar-refractivity contribution in [3.63, 3.8) is 0 Å². The van der Waals surface area contributed by atoms with Gasteiger partial charge in [-0.3, -0.25) is 4.79 Å². The zero-order chi connectivity index (χ0) is 31.1. The van der Waals surface area contributed by atoms with E-state index in [0.29, 0.717) is 44.7 Å². The fourth-order valence-corrected chi connectivity index (χ4v) is 5.96. The van der Waals surface area contributed by atoms with Gasteiger partial charge in [0.05, 0.1) is 32.0 Å². The molecule has 0 saturated carbocycles. The molecule has 1 aromatic heterocycles. The molecule has 1 amide bonds. The highest BCUT2D eigenvalue weighted by molar-refractivity contribution is 5.93. The van der Waals surface area contributed by atoms with Gasteiger partial charge >= 0.3 is 12.4 Å². The molecule has 0 bridgehead atoms. The number of benzene rings is 1. The second kappa shape index (κ2) is 14.7. The first-order chi connectivity index (χ1) is 21.2. The van der Waals surface area contributed by atoms with Crippen molar-refractivity contribution in [1.29, 1.82) is 0 Å². The molecule has 3 aliphatic heterocycles. The Hall–Kier alpha value is -3.20. The largest absolute Gasteiger partial charge is 0.573 e. The molecule has 4 heterocycles. The van der Waals surface area contributed by atoms with Crippen LogP contribution in [0.5, 0.6) is 11.8 Å². The zero-order valence-electron chi connectivity index (χ0n) is 25.0. The molecule has 0 aliphatic carbocycles. The summed E-state index contributed by atoms with van der Waals surface area (Å²) in [6.07, 6.45) is -0.136. The SMILES string of the molecule is COc1nc(NC[C@H]2CCC[C@@H](c3ccc(OC(F)(F)F)cc3)O2)cc(C(=O)N2CCC(N[C@@H]3CCOC[C@@H]3OC)CC2)n1. The van der Waals surface area contributed by atoms with Gasteiger partial charge in [-0.05, 0) is 56.2 Å². The predicted molar refractivity (Wildman–Crippen MR) is 154 cm³/mol. The highest BCUT2D eigenvalue weighted by Gasteiger charge is 2.32. The number of hydrogen-bond acceptors (Lipinski definition) is 10. The van der Waals surface area contributed by atoms with Crippen LogP contribution in [0.1, 0.15) is 60.7 Å². The van der Waals surface area contributed by atoms with Crippen LogP contribution in [-0.2, 0) is 14.2 Å². The molecule has 44 heavy (non-hydrogen) atoms. The lowest BCUT2D eigenvalue weighted by atomic mass is 9.98. The molecule has 0 radical (unpaired) electrons. The third kappa shape index (κ3) is 8.71. The zero-order valence-corrected chi connectivity index (χ0v) is 25.0. The van der Waals surface area contributed by atoms with Crippen LogP contribution in [0, 0.1) is 0 Å². The van der Waals surface area contributed by atoms with Crippen LogP contribution in [0.2, 0.25) is 0 Å². The average molecular weight is 624 g/mol. The summed E-state index contributed by atoms with van der Waals surface area (Å²) in [5.74, 6) is -0.00390. The number of nitrogens with zero attached hydrogens (tertiary/aromatic N) is 3. The van der Waals surface area contributed by atoms with Crippen LogP contribution in [0.3, 0.4) is 0 Å².